The lowest BCUT2D eigenvalue weighted by molar-refractivity contribution is -0.384. The topological polar surface area (TPSA) is 81.0 Å². The Labute approximate surface area is 112 Å². The molecule has 0 saturated carbocycles. The molecule has 0 fully saturated rings. The zero-order valence-electron chi connectivity index (χ0n) is 9.38. The lowest BCUT2D eigenvalue weighted by atomic mass is 10.2. The zero-order chi connectivity index (χ0) is 13.1. The number of aromatic nitrogens is 2. The molecule has 18 heavy (non-hydrogen) atoms. The van der Waals surface area contributed by atoms with E-state index in [1.54, 1.807) is 19.2 Å². The van der Waals surface area contributed by atoms with Gasteiger partial charge in [-0.3, -0.25) is 10.1 Å². The number of hydrogen-bond acceptors (Lipinski definition) is 6. The molecule has 1 aromatic carbocycles. The van der Waals surface area contributed by atoms with E-state index in [0.717, 1.165) is 5.01 Å². The number of benzene rings is 1. The number of nitro groups is 1. The van der Waals surface area contributed by atoms with Crippen LogP contribution in [0.2, 0.25) is 5.02 Å². The van der Waals surface area contributed by atoms with Crippen LogP contribution in [0.1, 0.15) is 5.01 Å². The normalized spacial score (nSPS) is 10.6. The summed E-state index contributed by atoms with van der Waals surface area (Å²) in [5, 5.41) is 23.4. The van der Waals surface area contributed by atoms with Crippen molar-refractivity contribution in [1.82, 2.24) is 15.5 Å². The fourth-order valence-electron chi connectivity index (χ4n) is 1.42. The highest BCUT2D eigenvalue weighted by Crippen LogP contribution is 2.33. The molecule has 2 rings (SSSR count). The second kappa shape index (κ2) is 5.38. The molecule has 0 amide bonds. The minimum absolute atomic E-state index is 0.0605. The molecule has 1 heterocycles. The third-order valence-corrected chi connectivity index (χ3v) is 3.37. The van der Waals surface area contributed by atoms with Crippen molar-refractivity contribution in [2.75, 3.05) is 7.05 Å². The van der Waals surface area contributed by atoms with Gasteiger partial charge in [-0.1, -0.05) is 22.9 Å². The van der Waals surface area contributed by atoms with Crippen molar-refractivity contribution in [3.8, 4) is 10.6 Å². The van der Waals surface area contributed by atoms with Crippen LogP contribution in [-0.4, -0.2) is 22.2 Å². The molecule has 0 radical (unpaired) electrons. The molecule has 0 atom stereocenters. The predicted molar refractivity (Wildman–Crippen MR) is 69.8 cm³/mol. The Kier molecular flexibility index (Phi) is 3.85. The molecule has 6 nitrogen and oxygen atoms in total. The van der Waals surface area contributed by atoms with E-state index in [-0.39, 0.29) is 5.69 Å². The summed E-state index contributed by atoms with van der Waals surface area (Å²) in [6.07, 6.45) is 0. The highest BCUT2D eigenvalue weighted by Gasteiger charge is 2.19. The van der Waals surface area contributed by atoms with Crippen LogP contribution in [-0.2, 0) is 6.54 Å². The largest absolute Gasteiger partial charge is 0.313 e. The van der Waals surface area contributed by atoms with E-state index in [0.29, 0.717) is 22.1 Å². The molecule has 0 saturated heterocycles. The van der Waals surface area contributed by atoms with Gasteiger partial charge in [-0.05, 0) is 19.2 Å². The molecule has 0 aliphatic carbocycles. The second-order valence-electron chi connectivity index (χ2n) is 3.45. The summed E-state index contributed by atoms with van der Waals surface area (Å²) in [6.45, 7) is 0.582. The highest BCUT2D eigenvalue weighted by molar-refractivity contribution is 7.14. The zero-order valence-corrected chi connectivity index (χ0v) is 11.0. The average molecular weight is 285 g/mol. The van der Waals surface area contributed by atoms with Crippen molar-refractivity contribution in [1.29, 1.82) is 0 Å². The highest BCUT2D eigenvalue weighted by atomic mass is 35.5. The summed E-state index contributed by atoms with van der Waals surface area (Å²) in [5.74, 6) is 0. The Bertz CT molecular complexity index is 587. The van der Waals surface area contributed by atoms with Gasteiger partial charge in [-0.25, -0.2) is 0 Å². The number of nitrogens with one attached hydrogen (secondary N) is 1. The van der Waals surface area contributed by atoms with Crippen LogP contribution in [0.25, 0.3) is 10.6 Å². The third-order valence-electron chi connectivity index (χ3n) is 2.18. The van der Waals surface area contributed by atoms with Crippen LogP contribution in [0, 0.1) is 10.1 Å². The summed E-state index contributed by atoms with van der Waals surface area (Å²) in [5.41, 5.74) is 0.374. The standard InChI is InChI=1S/C10H9ClN4O2S/c1-12-5-9-13-14-10(18-9)7-3-2-6(11)4-8(7)15(16)17/h2-4,12H,5H2,1H3. The van der Waals surface area contributed by atoms with E-state index < -0.39 is 4.92 Å². The Hall–Kier alpha value is -1.57. The third kappa shape index (κ3) is 2.63. The van der Waals surface area contributed by atoms with E-state index in [2.05, 4.69) is 15.5 Å². The van der Waals surface area contributed by atoms with Crippen molar-refractivity contribution in [2.45, 2.75) is 6.54 Å². The van der Waals surface area contributed by atoms with Crippen molar-refractivity contribution in [3.63, 3.8) is 0 Å². The minimum Gasteiger partial charge on any atom is -0.313 e. The Morgan fingerprint density at radius 3 is 2.94 bits per heavy atom. The fraction of sp³-hybridized carbons (Fsp3) is 0.200. The van der Waals surface area contributed by atoms with Crippen LogP contribution in [0.15, 0.2) is 18.2 Å². The molecule has 94 valence electrons. The molecular formula is C10H9ClN4O2S. The van der Waals surface area contributed by atoms with Gasteiger partial charge in [0.15, 0.2) is 5.01 Å². The molecule has 0 bridgehead atoms. The summed E-state index contributed by atoms with van der Waals surface area (Å²) in [6, 6.07) is 4.50. The minimum atomic E-state index is -0.472. The SMILES string of the molecule is CNCc1nnc(-c2ccc(Cl)cc2[N+](=O)[O-])s1. The number of nitro benzene ring substituents is 1. The van der Waals surface area contributed by atoms with Crippen LogP contribution < -0.4 is 5.32 Å². The molecule has 1 N–H and O–H groups in total. The molecule has 0 aliphatic heterocycles. The van der Waals surface area contributed by atoms with Crippen LogP contribution >= 0.6 is 22.9 Å². The van der Waals surface area contributed by atoms with Gasteiger partial charge in [0.2, 0.25) is 0 Å². The molecule has 2 aromatic rings. The van der Waals surface area contributed by atoms with Gasteiger partial charge < -0.3 is 5.32 Å². The number of rotatable bonds is 4. The molecule has 0 spiro atoms. The molecule has 0 unspecified atom stereocenters. The number of hydrogen-bond donors (Lipinski definition) is 1. The molecular weight excluding hydrogens is 276 g/mol. The number of nitrogens with zero attached hydrogens (tertiary/aromatic N) is 3. The van der Waals surface area contributed by atoms with Crippen LogP contribution in [0.4, 0.5) is 5.69 Å². The van der Waals surface area contributed by atoms with Crippen molar-refractivity contribution >= 4 is 28.6 Å². The lowest BCUT2D eigenvalue weighted by Crippen LogP contribution is -2.04. The van der Waals surface area contributed by atoms with Gasteiger partial charge in [0.1, 0.15) is 5.01 Å². The van der Waals surface area contributed by atoms with E-state index in [1.165, 1.54) is 17.4 Å². The van der Waals surface area contributed by atoms with Crippen LogP contribution in [0.5, 0.6) is 0 Å². The van der Waals surface area contributed by atoms with Crippen molar-refractivity contribution in [2.24, 2.45) is 0 Å². The van der Waals surface area contributed by atoms with Gasteiger partial charge in [-0.2, -0.15) is 0 Å². The first kappa shape index (κ1) is 12.9. The Morgan fingerprint density at radius 1 is 1.50 bits per heavy atom. The first-order valence-corrected chi connectivity index (χ1v) is 6.22. The second-order valence-corrected chi connectivity index (χ2v) is 4.95. The molecule has 8 heteroatoms. The van der Waals surface area contributed by atoms with Gasteiger partial charge in [-0.15, -0.1) is 10.2 Å². The summed E-state index contributed by atoms with van der Waals surface area (Å²) in [7, 11) is 1.80. The summed E-state index contributed by atoms with van der Waals surface area (Å²) >= 11 is 7.07. The fourth-order valence-corrected chi connectivity index (χ4v) is 2.47. The number of halogens is 1. The maximum absolute atomic E-state index is 11.0. The van der Waals surface area contributed by atoms with E-state index >= 15 is 0 Å². The van der Waals surface area contributed by atoms with Crippen molar-refractivity contribution < 1.29 is 4.92 Å². The lowest BCUT2D eigenvalue weighted by Gasteiger charge is -1.98. The van der Waals surface area contributed by atoms with Gasteiger partial charge in [0, 0.05) is 17.6 Å². The van der Waals surface area contributed by atoms with Crippen LogP contribution in [0.3, 0.4) is 0 Å². The van der Waals surface area contributed by atoms with E-state index in [9.17, 15) is 10.1 Å². The quantitative estimate of drug-likeness (QED) is 0.689. The van der Waals surface area contributed by atoms with Crippen molar-refractivity contribution in [3.05, 3.63) is 38.3 Å². The molecule has 1 aromatic heterocycles. The van der Waals surface area contributed by atoms with Gasteiger partial charge in [0.05, 0.1) is 10.5 Å². The monoisotopic (exact) mass is 284 g/mol. The average Bonchev–Trinajstić information content (AvgIpc) is 2.78. The van der Waals surface area contributed by atoms with E-state index in [4.69, 9.17) is 11.6 Å². The first-order valence-electron chi connectivity index (χ1n) is 5.03. The molecule has 0 aliphatic rings. The smallest absolute Gasteiger partial charge is 0.281 e. The Balaban J connectivity index is 2.45. The summed E-state index contributed by atoms with van der Waals surface area (Å²) in [4.78, 5) is 10.5. The van der Waals surface area contributed by atoms with E-state index in [1.807, 2.05) is 0 Å². The Morgan fingerprint density at radius 2 is 2.28 bits per heavy atom. The van der Waals surface area contributed by atoms with Gasteiger partial charge in [0.25, 0.3) is 5.69 Å². The predicted octanol–water partition coefficient (Wildman–Crippen LogP) is 2.49. The maximum atomic E-state index is 11.0. The summed E-state index contributed by atoms with van der Waals surface area (Å²) < 4.78 is 0. The van der Waals surface area contributed by atoms with Gasteiger partial charge >= 0.3 is 0 Å². The maximum Gasteiger partial charge on any atom is 0.281 e. The first-order chi connectivity index (χ1) is 8.61.